The van der Waals surface area contributed by atoms with Crippen molar-refractivity contribution in [2.24, 2.45) is 0 Å². The van der Waals surface area contributed by atoms with Crippen LogP contribution in [0.1, 0.15) is 29.5 Å². The Balaban J connectivity index is 1.48. The van der Waals surface area contributed by atoms with Gasteiger partial charge in [-0.15, -0.1) is 0 Å². The molecule has 4 nitrogen and oxygen atoms in total. The number of rotatable bonds is 8. The predicted octanol–water partition coefficient (Wildman–Crippen LogP) is 4.32. The van der Waals surface area contributed by atoms with E-state index in [9.17, 15) is 9.90 Å². The third kappa shape index (κ3) is 4.62. The molecule has 0 aliphatic carbocycles. The number of hydrogen-bond acceptors (Lipinski definition) is 3. The Morgan fingerprint density at radius 1 is 0.938 bits per heavy atom. The maximum Gasteiger partial charge on any atom is 0.347 e. The van der Waals surface area contributed by atoms with Crippen LogP contribution in [0, 0.1) is 0 Å². The number of benzene rings is 3. The summed E-state index contributed by atoms with van der Waals surface area (Å²) in [5.74, 6) is -0.614. The Morgan fingerprint density at radius 2 is 1.47 bits per heavy atom. The number of hydrogen-bond donors (Lipinski definition) is 1. The van der Waals surface area contributed by atoms with Gasteiger partial charge in [-0.25, -0.2) is 4.79 Å². The molecule has 0 amide bonds. The first-order valence-electron chi connectivity index (χ1n) is 11.4. The molecule has 1 N–H and O–H groups in total. The first kappa shape index (κ1) is 22.3. The van der Waals surface area contributed by atoms with E-state index in [0.29, 0.717) is 17.7 Å². The van der Waals surface area contributed by atoms with Crippen molar-refractivity contribution >= 4 is 5.97 Å². The zero-order chi connectivity index (χ0) is 22.4. The Kier molecular flexibility index (Phi) is 6.73. The summed E-state index contributed by atoms with van der Waals surface area (Å²) in [4.78, 5) is 13.3. The molecule has 1 heterocycles. The third-order valence-corrected chi connectivity index (χ3v) is 6.93. The van der Waals surface area contributed by atoms with Crippen LogP contribution in [0.15, 0.2) is 91.0 Å². The summed E-state index contributed by atoms with van der Waals surface area (Å²) >= 11 is 0. The summed E-state index contributed by atoms with van der Waals surface area (Å²) in [6, 6.07) is 28.9. The van der Waals surface area contributed by atoms with Crippen LogP contribution >= 0.6 is 0 Å². The Morgan fingerprint density at radius 3 is 2.03 bits per heavy atom. The van der Waals surface area contributed by atoms with E-state index in [2.05, 4.69) is 31.3 Å². The third-order valence-electron chi connectivity index (χ3n) is 6.93. The van der Waals surface area contributed by atoms with Crippen molar-refractivity contribution in [2.75, 3.05) is 26.7 Å². The van der Waals surface area contributed by atoms with Crippen LogP contribution in [-0.4, -0.2) is 48.3 Å². The van der Waals surface area contributed by atoms with Gasteiger partial charge in [0.15, 0.2) is 0 Å². The van der Waals surface area contributed by atoms with E-state index in [1.165, 1.54) is 5.56 Å². The molecule has 0 spiro atoms. The van der Waals surface area contributed by atoms with Crippen molar-refractivity contribution in [3.05, 3.63) is 108 Å². The van der Waals surface area contributed by atoms with E-state index < -0.39 is 11.6 Å². The maximum atomic E-state index is 13.3. The van der Waals surface area contributed by atoms with E-state index in [4.69, 9.17) is 4.74 Å². The van der Waals surface area contributed by atoms with E-state index in [1.807, 2.05) is 42.5 Å². The Hall–Kier alpha value is -2.95. The summed E-state index contributed by atoms with van der Waals surface area (Å²) in [7, 11) is 2.26. The van der Waals surface area contributed by atoms with Crippen molar-refractivity contribution in [3.8, 4) is 0 Å². The van der Waals surface area contributed by atoms with Crippen LogP contribution in [0.3, 0.4) is 0 Å². The zero-order valence-electron chi connectivity index (χ0n) is 18.7. The van der Waals surface area contributed by atoms with Gasteiger partial charge in [-0.2, -0.15) is 0 Å². The first-order chi connectivity index (χ1) is 15.5. The quantitative estimate of drug-likeness (QED) is 0.428. The number of likely N-dealkylation sites (tertiary alicyclic amines) is 1. The molecule has 0 saturated carbocycles. The van der Waals surface area contributed by atoms with Gasteiger partial charge in [0.05, 0.1) is 20.1 Å². The monoisotopic (exact) mass is 430 g/mol. The number of esters is 1. The van der Waals surface area contributed by atoms with Gasteiger partial charge in [-0.3, -0.25) is 0 Å². The average molecular weight is 431 g/mol. The van der Waals surface area contributed by atoms with E-state index >= 15 is 0 Å². The van der Waals surface area contributed by atoms with Crippen molar-refractivity contribution in [1.29, 1.82) is 0 Å². The van der Waals surface area contributed by atoms with Gasteiger partial charge < -0.3 is 14.3 Å². The molecule has 0 aromatic heterocycles. The van der Waals surface area contributed by atoms with E-state index in [1.54, 1.807) is 24.3 Å². The molecule has 3 aromatic carbocycles. The van der Waals surface area contributed by atoms with E-state index in [-0.39, 0.29) is 6.04 Å². The molecular weight excluding hydrogens is 398 g/mol. The highest BCUT2D eigenvalue weighted by molar-refractivity contribution is 5.85. The van der Waals surface area contributed by atoms with E-state index in [0.717, 1.165) is 36.8 Å². The Labute approximate surface area is 190 Å². The van der Waals surface area contributed by atoms with Gasteiger partial charge in [0.1, 0.15) is 12.6 Å². The van der Waals surface area contributed by atoms with Gasteiger partial charge in [0.25, 0.3) is 0 Å². The zero-order valence-corrected chi connectivity index (χ0v) is 18.7. The van der Waals surface area contributed by atoms with Gasteiger partial charge in [0, 0.05) is 19.3 Å². The average Bonchev–Trinajstić information content (AvgIpc) is 3.23. The molecular formula is C28H32NO3+. The number of aliphatic hydroxyl groups is 1. The molecule has 1 saturated heterocycles. The normalized spacial score (nSPS) is 20.8. The summed E-state index contributed by atoms with van der Waals surface area (Å²) in [5, 5.41) is 11.6. The lowest BCUT2D eigenvalue weighted by molar-refractivity contribution is -0.921. The van der Waals surface area contributed by atoms with Gasteiger partial charge >= 0.3 is 5.97 Å². The second kappa shape index (κ2) is 9.68. The lowest BCUT2D eigenvalue weighted by Crippen LogP contribution is -2.52. The summed E-state index contributed by atoms with van der Waals surface area (Å²) in [5.41, 5.74) is 0.541. The predicted molar refractivity (Wildman–Crippen MR) is 126 cm³/mol. The molecule has 0 bridgehead atoms. The molecule has 2 atom stereocenters. The highest BCUT2D eigenvalue weighted by atomic mass is 16.6. The van der Waals surface area contributed by atoms with Crippen LogP contribution in [0.25, 0.3) is 0 Å². The molecule has 32 heavy (non-hydrogen) atoms. The smallest absolute Gasteiger partial charge is 0.347 e. The number of quaternary nitrogens is 1. The standard InChI is InChI=1S/C28H32NO3/c1-29(21-19-23-12-5-2-6-13-23)20-11-18-26(29)22-32-27(30)28(31,24-14-7-3-8-15-24)25-16-9-4-10-17-25/h2-10,12-17,26,31H,11,18-22H2,1H3/q+1. The number of ether oxygens (including phenoxy) is 1. The number of carbonyl (C=O) groups excluding carboxylic acids is 1. The molecule has 2 unspecified atom stereocenters. The fourth-order valence-corrected chi connectivity index (χ4v) is 4.81. The molecule has 0 radical (unpaired) electrons. The fourth-order valence-electron chi connectivity index (χ4n) is 4.81. The maximum absolute atomic E-state index is 13.3. The highest BCUT2D eigenvalue weighted by Crippen LogP contribution is 2.32. The lowest BCUT2D eigenvalue weighted by Gasteiger charge is -2.36. The largest absolute Gasteiger partial charge is 0.457 e. The summed E-state index contributed by atoms with van der Waals surface area (Å²) in [6.45, 7) is 2.40. The van der Waals surface area contributed by atoms with Crippen LogP contribution in [-0.2, 0) is 21.6 Å². The summed E-state index contributed by atoms with van der Waals surface area (Å²) in [6.07, 6.45) is 3.14. The molecule has 4 rings (SSSR count). The lowest BCUT2D eigenvalue weighted by atomic mass is 9.86. The van der Waals surface area contributed by atoms with Crippen LogP contribution in [0.2, 0.25) is 0 Å². The van der Waals surface area contributed by atoms with Crippen molar-refractivity contribution in [1.82, 2.24) is 0 Å². The van der Waals surface area contributed by atoms with Crippen molar-refractivity contribution in [3.63, 3.8) is 0 Å². The Bertz CT molecular complexity index is 967. The summed E-state index contributed by atoms with van der Waals surface area (Å²) < 4.78 is 6.73. The van der Waals surface area contributed by atoms with Crippen molar-refractivity contribution in [2.45, 2.75) is 30.9 Å². The number of nitrogens with zero attached hydrogens (tertiary/aromatic N) is 1. The van der Waals surface area contributed by atoms with Crippen LogP contribution in [0.4, 0.5) is 0 Å². The second-order valence-electron chi connectivity index (χ2n) is 9.00. The van der Waals surface area contributed by atoms with Gasteiger partial charge in [-0.05, 0) is 16.7 Å². The fraction of sp³-hybridized carbons (Fsp3) is 0.321. The number of carbonyl (C=O) groups is 1. The second-order valence-corrected chi connectivity index (χ2v) is 9.00. The number of likely N-dealkylation sites (N-methyl/N-ethyl adjacent to an activating group) is 1. The molecule has 3 aromatic rings. The van der Waals surface area contributed by atoms with Gasteiger partial charge in [0.2, 0.25) is 5.60 Å². The minimum Gasteiger partial charge on any atom is -0.457 e. The molecule has 4 heteroatoms. The van der Waals surface area contributed by atoms with Crippen LogP contribution < -0.4 is 0 Å². The minimum absolute atomic E-state index is 0.235. The molecule has 1 fully saturated rings. The minimum atomic E-state index is -1.82. The molecule has 166 valence electrons. The highest BCUT2D eigenvalue weighted by Gasteiger charge is 2.44. The SMILES string of the molecule is C[N+]1(CCc2ccccc2)CCCC1COC(=O)C(O)(c1ccccc1)c1ccccc1. The van der Waals surface area contributed by atoms with Crippen molar-refractivity contribution < 1.29 is 19.1 Å². The topological polar surface area (TPSA) is 46.5 Å². The molecule has 1 aliphatic heterocycles. The van der Waals surface area contributed by atoms with Gasteiger partial charge in [-0.1, -0.05) is 91.0 Å². The first-order valence-corrected chi connectivity index (χ1v) is 11.4. The van der Waals surface area contributed by atoms with Crippen LogP contribution in [0.5, 0.6) is 0 Å². The molecule has 1 aliphatic rings.